The van der Waals surface area contributed by atoms with E-state index in [4.69, 9.17) is 10.7 Å². The van der Waals surface area contributed by atoms with Crippen molar-refractivity contribution in [1.82, 2.24) is 29.5 Å². The van der Waals surface area contributed by atoms with Crippen LogP contribution in [0.5, 0.6) is 0 Å². The van der Waals surface area contributed by atoms with Crippen LogP contribution in [0.3, 0.4) is 0 Å². The molecule has 37 heavy (non-hydrogen) atoms. The van der Waals surface area contributed by atoms with Crippen LogP contribution >= 0.6 is 0 Å². The average molecular weight is 522 g/mol. The number of aliphatic hydroxyl groups excluding tert-OH is 1. The lowest BCUT2D eigenvalue weighted by Crippen LogP contribution is -2.47. The number of hydrogen-bond acceptors (Lipinski definition) is 8. The lowest BCUT2D eigenvalue weighted by molar-refractivity contribution is -0.138. The Kier molecular flexibility index (Phi) is 5.53. The number of hydrogen-bond donors (Lipinski definition) is 3. The van der Waals surface area contributed by atoms with E-state index in [9.17, 15) is 18.3 Å². The zero-order chi connectivity index (χ0) is 25.9. The van der Waals surface area contributed by atoms with Gasteiger partial charge in [-0.05, 0) is 31.2 Å². The molecule has 0 saturated carbocycles. The van der Waals surface area contributed by atoms with Gasteiger partial charge in [0.2, 0.25) is 5.91 Å². The van der Waals surface area contributed by atoms with Gasteiger partial charge in [-0.25, -0.2) is 18.4 Å². The third kappa shape index (κ3) is 3.87. The van der Waals surface area contributed by atoms with Crippen LogP contribution in [0.25, 0.3) is 28.2 Å². The van der Waals surface area contributed by atoms with E-state index in [0.717, 1.165) is 41.6 Å². The topological polar surface area (TPSA) is 160 Å². The number of benzene rings is 1. The van der Waals surface area contributed by atoms with E-state index in [1.165, 1.54) is 4.52 Å². The van der Waals surface area contributed by atoms with Gasteiger partial charge in [-0.15, -0.1) is 0 Å². The highest BCUT2D eigenvalue weighted by Crippen LogP contribution is 2.45. The molecule has 0 unspecified atom stereocenters. The van der Waals surface area contributed by atoms with Crippen LogP contribution < -0.4 is 5.73 Å². The molecule has 2 aliphatic heterocycles. The van der Waals surface area contributed by atoms with Gasteiger partial charge in [0.05, 0.1) is 11.9 Å². The van der Waals surface area contributed by atoms with E-state index in [2.05, 4.69) is 15.1 Å². The Morgan fingerprint density at radius 1 is 1.16 bits per heavy atom. The molecule has 4 N–H and O–H groups in total. The van der Waals surface area contributed by atoms with Crippen molar-refractivity contribution in [2.45, 2.75) is 48.6 Å². The summed E-state index contributed by atoms with van der Waals surface area (Å²) in [7, 11) is -3.72. The maximum atomic E-state index is 12.9. The maximum Gasteiger partial charge on any atom is 0.248 e. The molecule has 2 saturated heterocycles. The van der Waals surface area contributed by atoms with Crippen molar-refractivity contribution in [2.24, 2.45) is 0 Å². The number of nitrogens with one attached hydrogen (secondary N) is 1. The molecular weight excluding hydrogens is 494 g/mol. The predicted molar refractivity (Wildman–Crippen MR) is 136 cm³/mol. The number of nitrogen functional groups attached to an aromatic ring is 1. The molecule has 0 radical (unpaired) electrons. The standard InChI is InChI=1S/C25H27N7O4S/c1-37(35,36)22-21(16-10-17-6-7-18(11-16)31(17)20(34)13-33)30-25-19(12-29-32(25)23(22)26)14-2-4-15(5-3-14)24-27-8-9-28-24/h2-5,8-9,12,16-18,33H,6-7,10-11,13,26H2,1H3,(H,27,28)/t16-,17-,18+. The minimum Gasteiger partial charge on any atom is -0.387 e. The molecule has 11 nitrogen and oxygen atoms in total. The Balaban J connectivity index is 1.45. The second kappa shape index (κ2) is 8.67. The fourth-order valence-corrected chi connectivity index (χ4v) is 7.06. The molecule has 3 atom stereocenters. The number of anilines is 1. The van der Waals surface area contributed by atoms with E-state index in [1.807, 2.05) is 24.3 Å². The van der Waals surface area contributed by atoms with Crippen molar-refractivity contribution < 1.29 is 18.3 Å². The number of imidazole rings is 1. The van der Waals surface area contributed by atoms with E-state index in [0.29, 0.717) is 24.2 Å². The third-order valence-corrected chi connectivity index (χ3v) is 8.70. The first kappa shape index (κ1) is 23.6. The van der Waals surface area contributed by atoms with Crippen molar-refractivity contribution in [3.63, 3.8) is 0 Å². The summed E-state index contributed by atoms with van der Waals surface area (Å²) in [6, 6.07) is 7.64. The van der Waals surface area contributed by atoms with Gasteiger partial charge in [0.15, 0.2) is 15.5 Å². The highest BCUT2D eigenvalue weighted by molar-refractivity contribution is 7.91. The van der Waals surface area contributed by atoms with Gasteiger partial charge in [-0.1, -0.05) is 24.3 Å². The average Bonchev–Trinajstić information content (AvgIpc) is 3.61. The van der Waals surface area contributed by atoms with E-state index in [-0.39, 0.29) is 34.6 Å². The number of sulfone groups is 1. The first-order chi connectivity index (χ1) is 17.8. The molecule has 1 aromatic carbocycles. The Hall–Kier alpha value is -3.77. The molecule has 12 heteroatoms. The summed E-state index contributed by atoms with van der Waals surface area (Å²) in [5, 5.41) is 13.8. The molecule has 3 aromatic heterocycles. The number of carbonyl (C=O) groups is 1. The molecule has 0 spiro atoms. The number of amides is 1. The summed E-state index contributed by atoms with van der Waals surface area (Å²) in [5.74, 6) is 0.311. The van der Waals surface area contributed by atoms with E-state index >= 15 is 0 Å². The molecular formula is C25H27N7O4S. The number of rotatable bonds is 5. The molecule has 5 heterocycles. The van der Waals surface area contributed by atoms with Crippen molar-refractivity contribution in [2.75, 3.05) is 18.6 Å². The van der Waals surface area contributed by atoms with Crippen LogP contribution in [0, 0.1) is 0 Å². The lowest BCUT2D eigenvalue weighted by Gasteiger charge is -2.39. The molecule has 4 aromatic rings. The number of fused-ring (bicyclic) bond motifs is 3. The van der Waals surface area contributed by atoms with Crippen LogP contribution in [-0.4, -0.2) is 73.8 Å². The van der Waals surface area contributed by atoms with Gasteiger partial charge < -0.3 is 20.7 Å². The number of nitrogens with two attached hydrogens (primary N) is 1. The number of nitrogens with zero attached hydrogens (tertiary/aromatic N) is 5. The fraction of sp³-hybridized carbons (Fsp3) is 0.360. The van der Waals surface area contributed by atoms with Crippen molar-refractivity contribution in [3.8, 4) is 22.5 Å². The van der Waals surface area contributed by atoms with Gasteiger partial charge in [0.1, 0.15) is 23.1 Å². The summed E-state index contributed by atoms with van der Waals surface area (Å²) in [6.07, 6.45) is 8.99. The predicted octanol–water partition coefficient (Wildman–Crippen LogP) is 2.00. The summed E-state index contributed by atoms with van der Waals surface area (Å²) in [6.45, 7) is -0.526. The fourth-order valence-electron chi connectivity index (χ4n) is 6.00. The van der Waals surface area contributed by atoms with E-state index in [1.54, 1.807) is 23.5 Å². The summed E-state index contributed by atoms with van der Waals surface area (Å²) >= 11 is 0. The maximum absolute atomic E-state index is 12.9. The van der Waals surface area contributed by atoms with Gasteiger partial charge in [-0.3, -0.25) is 4.79 Å². The van der Waals surface area contributed by atoms with Crippen LogP contribution in [0.2, 0.25) is 0 Å². The first-order valence-corrected chi connectivity index (χ1v) is 14.0. The third-order valence-electron chi connectivity index (χ3n) is 7.55. The molecule has 2 aliphatic rings. The minimum absolute atomic E-state index is 0.00541. The minimum atomic E-state index is -3.72. The van der Waals surface area contributed by atoms with Gasteiger partial charge >= 0.3 is 0 Å². The van der Waals surface area contributed by atoms with Crippen molar-refractivity contribution in [3.05, 3.63) is 48.5 Å². The van der Waals surface area contributed by atoms with Crippen LogP contribution in [-0.2, 0) is 14.6 Å². The number of aliphatic hydroxyl groups is 1. The number of aromatic amines is 1. The zero-order valence-corrected chi connectivity index (χ0v) is 21.0. The largest absolute Gasteiger partial charge is 0.387 e. The number of aromatic nitrogens is 5. The number of H-pyrrole nitrogens is 1. The zero-order valence-electron chi connectivity index (χ0n) is 20.2. The van der Waals surface area contributed by atoms with Gasteiger partial charge in [0.25, 0.3) is 0 Å². The Labute approximate surface area is 213 Å². The Bertz CT molecular complexity index is 1580. The second-order valence-electron chi connectivity index (χ2n) is 9.80. The smallest absolute Gasteiger partial charge is 0.248 e. The van der Waals surface area contributed by atoms with Gasteiger partial charge in [-0.2, -0.15) is 9.61 Å². The molecule has 192 valence electrons. The molecule has 6 rings (SSSR count). The SMILES string of the molecule is CS(=O)(=O)c1c([C@@H]2C[C@H]3CC[C@@H](C2)N3C(=O)CO)nc2c(-c3ccc(-c4ncc[nH]4)cc3)cnn2c1N. The van der Waals surface area contributed by atoms with Gasteiger partial charge in [0, 0.05) is 47.8 Å². The monoisotopic (exact) mass is 521 g/mol. The van der Waals surface area contributed by atoms with E-state index < -0.39 is 16.4 Å². The summed E-state index contributed by atoms with van der Waals surface area (Å²) in [4.78, 5) is 26.3. The number of piperidine rings is 1. The Morgan fingerprint density at radius 3 is 2.43 bits per heavy atom. The molecule has 0 aliphatic carbocycles. The quantitative estimate of drug-likeness (QED) is 0.359. The van der Waals surface area contributed by atoms with Crippen LogP contribution in [0.4, 0.5) is 5.82 Å². The van der Waals surface area contributed by atoms with Crippen LogP contribution in [0.1, 0.15) is 37.3 Å². The summed E-state index contributed by atoms with van der Waals surface area (Å²) < 4.78 is 27.2. The lowest BCUT2D eigenvalue weighted by atomic mass is 9.87. The number of carbonyl (C=O) groups excluding carboxylic acids is 1. The summed E-state index contributed by atoms with van der Waals surface area (Å²) in [5.41, 5.74) is 9.87. The normalized spacial score (nSPS) is 21.6. The highest BCUT2D eigenvalue weighted by atomic mass is 32.2. The first-order valence-electron chi connectivity index (χ1n) is 12.2. The Morgan fingerprint density at radius 2 is 1.84 bits per heavy atom. The molecule has 1 amide bonds. The van der Waals surface area contributed by atoms with Crippen molar-refractivity contribution >= 4 is 27.2 Å². The van der Waals surface area contributed by atoms with Crippen molar-refractivity contribution in [1.29, 1.82) is 0 Å². The molecule has 2 fully saturated rings. The second-order valence-corrected chi connectivity index (χ2v) is 11.8. The molecule has 2 bridgehead atoms. The van der Waals surface area contributed by atoms with Crippen LogP contribution in [0.15, 0.2) is 47.8 Å². The highest BCUT2D eigenvalue weighted by Gasteiger charge is 2.45.